The van der Waals surface area contributed by atoms with Gasteiger partial charge in [-0.05, 0) is 56.4 Å². The summed E-state index contributed by atoms with van der Waals surface area (Å²) in [6.45, 7) is 3.24. The number of likely N-dealkylation sites (tertiary alicyclic amines) is 2. The van der Waals surface area contributed by atoms with Crippen LogP contribution in [0, 0.1) is 11.3 Å². The minimum Gasteiger partial charge on any atom is -0.342 e. The maximum Gasteiger partial charge on any atom is 0.230 e. The summed E-state index contributed by atoms with van der Waals surface area (Å²) < 4.78 is 0. The number of aryl methyl sites for hydroxylation is 1. The van der Waals surface area contributed by atoms with E-state index in [0.29, 0.717) is 18.9 Å². The average molecular weight is 344 g/mol. The van der Waals surface area contributed by atoms with Crippen molar-refractivity contribution in [2.45, 2.75) is 51.4 Å². The number of rotatable bonds is 6. The number of nitrogens with one attached hydrogen (secondary N) is 1. The molecule has 1 aliphatic carbocycles. The predicted molar refractivity (Wildman–Crippen MR) is 93.7 cm³/mol. The third-order valence-corrected chi connectivity index (χ3v) is 6.12. The number of carbonyl (C=O) groups is 2. The van der Waals surface area contributed by atoms with Crippen molar-refractivity contribution in [2.75, 3.05) is 26.2 Å². The van der Waals surface area contributed by atoms with Crippen LogP contribution in [-0.2, 0) is 16.0 Å². The monoisotopic (exact) mass is 344 g/mol. The molecule has 1 N–H and O–H groups in total. The molecule has 2 amide bonds. The second kappa shape index (κ2) is 6.81. The van der Waals surface area contributed by atoms with Crippen molar-refractivity contribution in [1.29, 1.82) is 0 Å². The topological polar surface area (TPSA) is 69.3 Å². The summed E-state index contributed by atoms with van der Waals surface area (Å²) in [6, 6.07) is 0. The normalized spacial score (nSPS) is 26.6. The van der Waals surface area contributed by atoms with Crippen LogP contribution in [0.15, 0.2) is 12.4 Å². The third kappa shape index (κ3) is 3.58. The molecule has 3 aliphatic rings. The fourth-order valence-electron chi connectivity index (χ4n) is 4.42. The van der Waals surface area contributed by atoms with Crippen molar-refractivity contribution in [3.8, 4) is 0 Å². The third-order valence-electron chi connectivity index (χ3n) is 6.12. The fourth-order valence-corrected chi connectivity index (χ4v) is 4.42. The van der Waals surface area contributed by atoms with Gasteiger partial charge in [-0.1, -0.05) is 0 Å². The molecule has 1 aromatic heterocycles. The summed E-state index contributed by atoms with van der Waals surface area (Å²) in [4.78, 5) is 29.6. The lowest BCUT2D eigenvalue weighted by atomic mass is 9.78. The zero-order chi connectivity index (χ0) is 17.3. The van der Waals surface area contributed by atoms with Gasteiger partial charge in [0.25, 0.3) is 0 Å². The van der Waals surface area contributed by atoms with Crippen molar-refractivity contribution in [3.05, 3.63) is 18.0 Å². The lowest BCUT2D eigenvalue weighted by Gasteiger charge is -2.39. The molecule has 0 bridgehead atoms. The number of piperidine rings is 1. The van der Waals surface area contributed by atoms with E-state index < -0.39 is 0 Å². The van der Waals surface area contributed by atoms with Crippen molar-refractivity contribution >= 4 is 11.8 Å². The minimum atomic E-state index is -0.284. The maximum absolute atomic E-state index is 13.0. The van der Waals surface area contributed by atoms with Gasteiger partial charge in [0.15, 0.2) is 0 Å². The Morgan fingerprint density at radius 3 is 2.96 bits per heavy atom. The van der Waals surface area contributed by atoms with E-state index in [9.17, 15) is 9.59 Å². The number of carbonyl (C=O) groups excluding carboxylic acids is 2. The Kier molecular flexibility index (Phi) is 4.52. The van der Waals surface area contributed by atoms with E-state index in [1.54, 1.807) is 0 Å². The molecule has 0 aromatic carbocycles. The minimum absolute atomic E-state index is 0.201. The van der Waals surface area contributed by atoms with Crippen molar-refractivity contribution in [3.63, 3.8) is 0 Å². The van der Waals surface area contributed by atoms with Gasteiger partial charge in [-0.25, -0.2) is 0 Å². The Morgan fingerprint density at radius 2 is 2.20 bits per heavy atom. The van der Waals surface area contributed by atoms with Crippen LogP contribution in [0.1, 0.15) is 50.5 Å². The van der Waals surface area contributed by atoms with E-state index in [-0.39, 0.29) is 11.3 Å². The molecular formula is C19H28N4O2. The van der Waals surface area contributed by atoms with Gasteiger partial charge in [0.2, 0.25) is 11.8 Å². The van der Waals surface area contributed by atoms with E-state index in [2.05, 4.69) is 15.1 Å². The first-order valence-corrected chi connectivity index (χ1v) is 9.71. The fraction of sp³-hybridized carbons (Fsp3) is 0.737. The number of hydrogen-bond donors (Lipinski definition) is 1. The highest BCUT2D eigenvalue weighted by molar-refractivity contribution is 5.86. The summed E-state index contributed by atoms with van der Waals surface area (Å²) in [5.41, 5.74) is 0.858. The summed E-state index contributed by atoms with van der Waals surface area (Å²) >= 11 is 0. The first-order chi connectivity index (χ1) is 12.2. The standard InChI is InChI=1S/C19H28N4O2/c24-17(4-1-3-16-11-20-21-12-16)23-10-8-19(14-23)7-2-9-22(18(19)25)13-15-5-6-15/h11-12,15H,1-10,13-14H2,(H,20,21)/t19-/m0/s1. The molecule has 1 spiro atoms. The van der Waals surface area contributed by atoms with E-state index >= 15 is 0 Å². The Morgan fingerprint density at radius 1 is 1.32 bits per heavy atom. The number of nitrogens with zero attached hydrogens (tertiary/aromatic N) is 3. The number of aromatic nitrogens is 2. The highest BCUT2D eigenvalue weighted by atomic mass is 16.2. The lowest BCUT2D eigenvalue weighted by Crippen LogP contribution is -2.50. The molecule has 1 aromatic rings. The van der Waals surface area contributed by atoms with E-state index in [0.717, 1.165) is 63.2 Å². The van der Waals surface area contributed by atoms with Crippen LogP contribution >= 0.6 is 0 Å². The van der Waals surface area contributed by atoms with Gasteiger partial charge in [-0.3, -0.25) is 14.7 Å². The quantitative estimate of drug-likeness (QED) is 0.858. The van der Waals surface area contributed by atoms with Gasteiger partial charge in [0.1, 0.15) is 0 Å². The zero-order valence-electron chi connectivity index (χ0n) is 14.9. The van der Waals surface area contributed by atoms with Crippen LogP contribution in [0.3, 0.4) is 0 Å². The van der Waals surface area contributed by atoms with E-state index in [4.69, 9.17) is 0 Å². The second-order valence-corrected chi connectivity index (χ2v) is 8.10. The van der Waals surface area contributed by atoms with Gasteiger partial charge in [0, 0.05) is 38.8 Å². The smallest absolute Gasteiger partial charge is 0.230 e. The van der Waals surface area contributed by atoms with Crippen LogP contribution in [0.4, 0.5) is 0 Å². The molecule has 1 saturated carbocycles. The van der Waals surface area contributed by atoms with Crippen LogP contribution < -0.4 is 0 Å². The van der Waals surface area contributed by atoms with Crippen LogP contribution in [0.25, 0.3) is 0 Å². The SMILES string of the molecule is O=C(CCCc1cn[nH]c1)N1CC[C@@]2(CCCN(CC3CC3)C2=O)C1. The molecular weight excluding hydrogens is 316 g/mol. The van der Waals surface area contributed by atoms with Gasteiger partial charge in [0.05, 0.1) is 11.6 Å². The number of H-pyrrole nitrogens is 1. The average Bonchev–Trinajstić information content (AvgIpc) is 3.10. The first-order valence-electron chi connectivity index (χ1n) is 9.71. The molecule has 1 atom stereocenters. The molecule has 3 fully saturated rings. The van der Waals surface area contributed by atoms with Gasteiger partial charge in [-0.2, -0.15) is 5.10 Å². The first kappa shape index (κ1) is 16.6. The van der Waals surface area contributed by atoms with E-state index in [1.165, 1.54) is 12.8 Å². The Balaban J connectivity index is 1.30. The summed E-state index contributed by atoms with van der Waals surface area (Å²) in [7, 11) is 0. The Hall–Kier alpha value is -1.85. The molecule has 2 aliphatic heterocycles. The highest BCUT2D eigenvalue weighted by Gasteiger charge is 2.49. The van der Waals surface area contributed by atoms with Crippen LogP contribution in [0.2, 0.25) is 0 Å². The largest absolute Gasteiger partial charge is 0.342 e. The zero-order valence-corrected chi connectivity index (χ0v) is 14.9. The molecule has 6 heteroatoms. The van der Waals surface area contributed by atoms with Crippen molar-refractivity contribution in [2.24, 2.45) is 11.3 Å². The molecule has 0 unspecified atom stereocenters. The van der Waals surface area contributed by atoms with Crippen molar-refractivity contribution in [1.82, 2.24) is 20.0 Å². The second-order valence-electron chi connectivity index (χ2n) is 8.10. The molecule has 136 valence electrons. The number of aromatic amines is 1. The summed E-state index contributed by atoms with van der Waals surface area (Å²) in [5.74, 6) is 1.26. The molecule has 6 nitrogen and oxygen atoms in total. The molecule has 2 saturated heterocycles. The van der Waals surface area contributed by atoms with Gasteiger partial charge >= 0.3 is 0 Å². The number of amides is 2. The van der Waals surface area contributed by atoms with Crippen LogP contribution in [-0.4, -0.2) is 58.0 Å². The summed E-state index contributed by atoms with van der Waals surface area (Å²) in [6.07, 6.45) is 11.4. The predicted octanol–water partition coefficient (Wildman–Crippen LogP) is 1.98. The number of hydrogen-bond acceptors (Lipinski definition) is 3. The Labute approximate surface area is 148 Å². The highest BCUT2D eigenvalue weighted by Crippen LogP contribution is 2.41. The van der Waals surface area contributed by atoms with Gasteiger partial charge in [-0.15, -0.1) is 0 Å². The molecule has 4 rings (SSSR count). The maximum atomic E-state index is 13.0. The van der Waals surface area contributed by atoms with Crippen molar-refractivity contribution < 1.29 is 9.59 Å². The Bertz CT molecular complexity index is 625. The lowest BCUT2D eigenvalue weighted by molar-refractivity contribution is -0.146. The molecule has 0 radical (unpaired) electrons. The van der Waals surface area contributed by atoms with E-state index in [1.807, 2.05) is 17.3 Å². The molecule has 3 heterocycles. The van der Waals surface area contributed by atoms with Crippen LogP contribution in [0.5, 0.6) is 0 Å². The summed E-state index contributed by atoms with van der Waals surface area (Å²) in [5, 5.41) is 6.73. The van der Waals surface area contributed by atoms with Gasteiger partial charge < -0.3 is 9.80 Å². The molecule has 25 heavy (non-hydrogen) atoms.